The second-order valence-corrected chi connectivity index (χ2v) is 8.99. The van der Waals surface area contributed by atoms with Gasteiger partial charge in [0, 0.05) is 18.2 Å². The van der Waals surface area contributed by atoms with E-state index in [0.29, 0.717) is 23.9 Å². The number of thioether (sulfide) groups is 1. The van der Waals surface area contributed by atoms with E-state index in [2.05, 4.69) is 17.4 Å². The molecule has 5 heteroatoms. The van der Waals surface area contributed by atoms with Gasteiger partial charge in [0.1, 0.15) is 5.37 Å². The second kappa shape index (κ2) is 9.49. The number of benzene rings is 2. The van der Waals surface area contributed by atoms with Gasteiger partial charge in [0.15, 0.2) is 0 Å². The summed E-state index contributed by atoms with van der Waals surface area (Å²) in [6.45, 7) is 0.713. The zero-order valence-electron chi connectivity index (χ0n) is 16.7. The fraction of sp³-hybridized carbons (Fsp3) is 0.417. The molecule has 1 heterocycles. The molecule has 1 aliphatic heterocycles. The van der Waals surface area contributed by atoms with Crippen molar-refractivity contribution in [3.8, 4) is 0 Å². The van der Waals surface area contributed by atoms with Crippen molar-refractivity contribution in [2.75, 3.05) is 12.3 Å². The minimum Gasteiger partial charge on any atom is -0.349 e. The fourth-order valence-corrected chi connectivity index (χ4v) is 5.40. The molecule has 152 valence electrons. The third-order valence-corrected chi connectivity index (χ3v) is 7.11. The monoisotopic (exact) mass is 408 g/mol. The molecule has 29 heavy (non-hydrogen) atoms. The average Bonchev–Trinajstić information content (AvgIpc) is 3.14. The van der Waals surface area contributed by atoms with Crippen molar-refractivity contribution < 1.29 is 9.59 Å². The van der Waals surface area contributed by atoms with E-state index in [9.17, 15) is 9.59 Å². The summed E-state index contributed by atoms with van der Waals surface area (Å²) in [5.41, 5.74) is 3.03. The SMILES string of the molecule is O=C(NC1CCCCC1)c1ccc(C2SCC(=O)N2CCc2ccccc2)cc1. The summed E-state index contributed by atoms with van der Waals surface area (Å²) in [5.74, 6) is 0.721. The summed E-state index contributed by atoms with van der Waals surface area (Å²) in [4.78, 5) is 26.9. The minimum atomic E-state index is 0.0135. The zero-order valence-corrected chi connectivity index (χ0v) is 17.5. The molecule has 2 fully saturated rings. The van der Waals surface area contributed by atoms with E-state index in [1.807, 2.05) is 47.4 Å². The van der Waals surface area contributed by atoms with Crippen LogP contribution in [0.2, 0.25) is 0 Å². The molecule has 4 nitrogen and oxygen atoms in total. The average molecular weight is 409 g/mol. The van der Waals surface area contributed by atoms with E-state index >= 15 is 0 Å². The summed E-state index contributed by atoms with van der Waals surface area (Å²) in [7, 11) is 0. The van der Waals surface area contributed by atoms with E-state index in [-0.39, 0.29) is 17.2 Å². The molecule has 1 aliphatic carbocycles. The Morgan fingerprint density at radius 1 is 1.00 bits per heavy atom. The molecular formula is C24H28N2O2S. The maximum absolute atomic E-state index is 12.5. The van der Waals surface area contributed by atoms with Crippen LogP contribution < -0.4 is 5.32 Å². The maximum Gasteiger partial charge on any atom is 0.251 e. The van der Waals surface area contributed by atoms with Crippen LogP contribution in [-0.2, 0) is 11.2 Å². The van der Waals surface area contributed by atoms with Gasteiger partial charge in [-0.2, -0.15) is 0 Å². The largest absolute Gasteiger partial charge is 0.349 e. The third-order valence-electron chi connectivity index (χ3n) is 5.85. The van der Waals surface area contributed by atoms with Crippen LogP contribution in [0, 0.1) is 0 Å². The molecule has 2 aromatic rings. The highest BCUT2D eigenvalue weighted by atomic mass is 32.2. The zero-order chi connectivity index (χ0) is 20.1. The quantitative estimate of drug-likeness (QED) is 0.762. The Balaban J connectivity index is 1.39. The lowest BCUT2D eigenvalue weighted by molar-refractivity contribution is -0.128. The van der Waals surface area contributed by atoms with Crippen LogP contribution in [0.25, 0.3) is 0 Å². The molecule has 1 saturated heterocycles. The summed E-state index contributed by atoms with van der Waals surface area (Å²) in [5, 5.41) is 3.20. The number of carbonyl (C=O) groups is 2. The Morgan fingerprint density at radius 2 is 1.72 bits per heavy atom. The van der Waals surface area contributed by atoms with E-state index in [1.165, 1.54) is 24.8 Å². The molecule has 0 bridgehead atoms. The Bertz CT molecular complexity index is 832. The molecule has 0 radical (unpaired) electrons. The van der Waals surface area contributed by atoms with Crippen molar-refractivity contribution in [3.05, 3.63) is 71.3 Å². The predicted octanol–water partition coefficient (Wildman–Crippen LogP) is 4.57. The molecular weight excluding hydrogens is 380 g/mol. The van der Waals surface area contributed by atoms with Gasteiger partial charge in [-0.05, 0) is 42.5 Å². The minimum absolute atomic E-state index is 0.0135. The van der Waals surface area contributed by atoms with Crippen LogP contribution in [0.3, 0.4) is 0 Å². The standard InChI is InChI=1S/C24H28N2O2S/c27-22-17-29-24(26(22)16-15-18-7-3-1-4-8-18)20-13-11-19(12-14-20)23(28)25-21-9-5-2-6-10-21/h1,3-4,7-8,11-14,21,24H,2,5-6,9-10,15-17H2,(H,25,28). The molecule has 2 amide bonds. The van der Waals surface area contributed by atoms with Gasteiger partial charge >= 0.3 is 0 Å². The van der Waals surface area contributed by atoms with Crippen LogP contribution in [0.15, 0.2) is 54.6 Å². The lowest BCUT2D eigenvalue weighted by Gasteiger charge is -2.25. The van der Waals surface area contributed by atoms with Crippen molar-refractivity contribution in [2.24, 2.45) is 0 Å². The van der Waals surface area contributed by atoms with Crippen molar-refractivity contribution in [1.29, 1.82) is 0 Å². The van der Waals surface area contributed by atoms with E-state index in [1.54, 1.807) is 11.8 Å². The van der Waals surface area contributed by atoms with Crippen molar-refractivity contribution in [1.82, 2.24) is 10.2 Å². The van der Waals surface area contributed by atoms with Gasteiger partial charge in [-0.1, -0.05) is 61.7 Å². The van der Waals surface area contributed by atoms with Gasteiger partial charge in [-0.25, -0.2) is 0 Å². The number of nitrogens with one attached hydrogen (secondary N) is 1. The molecule has 1 saturated carbocycles. The first kappa shape index (κ1) is 20.0. The molecule has 2 aliphatic rings. The lowest BCUT2D eigenvalue weighted by atomic mass is 9.95. The molecule has 4 rings (SSSR count). The Hall–Kier alpha value is -2.27. The highest BCUT2D eigenvalue weighted by Crippen LogP contribution is 2.38. The first-order valence-electron chi connectivity index (χ1n) is 10.6. The Labute approximate surface area is 177 Å². The molecule has 1 unspecified atom stereocenters. The maximum atomic E-state index is 12.5. The van der Waals surface area contributed by atoms with Gasteiger partial charge in [-0.15, -0.1) is 11.8 Å². The van der Waals surface area contributed by atoms with Gasteiger partial charge in [0.05, 0.1) is 5.75 Å². The van der Waals surface area contributed by atoms with Crippen molar-refractivity contribution >= 4 is 23.6 Å². The van der Waals surface area contributed by atoms with Crippen LogP contribution in [0.4, 0.5) is 0 Å². The smallest absolute Gasteiger partial charge is 0.251 e. The summed E-state index contributed by atoms with van der Waals surface area (Å²) < 4.78 is 0. The first-order chi connectivity index (χ1) is 14.2. The number of hydrogen-bond donors (Lipinski definition) is 1. The van der Waals surface area contributed by atoms with Crippen molar-refractivity contribution in [3.63, 3.8) is 0 Å². The van der Waals surface area contributed by atoms with Gasteiger partial charge in [-0.3, -0.25) is 9.59 Å². The molecule has 0 spiro atoms. The number of nitrogens with zero attached hydrogens (tertiary/aromatic N) is 1. The van der Waals surface area contributed by atoms with Gasteiger partial charge in [0.2, 0.25) is 5.91 Å². The molecule has 0 aromatic heterocycles. The number of rotatable bonds is 6. The predicted molar refractivity (Wildman–Crippen MR) is 118 cm³/mol. The topological polar surface area (TPSA) is 49.4 Å². The van der Waals surface area contributed by atoms with E-state index in [4.69, 9.17) is 0 Å². The normalized spacial score (nSPS) is 20.1. The highest BCUT2D eigenvalue weighted by molar-refractivity contribution is 8.00. The Kier molecular flexibility index (Phi) is 6.55. The molecule has 1 atom stereocenters. The van der Waals surface area contributed by atoms with Crippen LogP contribution >= 0.6 is 11.8 Å². The van der Waals surface area contributed by atoms with Crippen LogP contribution in [-0.4, -0.2) is 35.1 Å². The highest BCUT2D eigenvalue weighted by Gasteiger charge is 2.32. The molecule has 1 N–H and O–H groups in total. The summed E-state index contributed by atoms with van der Waals surface area (Å²) in [6, 6.07) is 18.4. The second-order valence-electron chi connectivity index (χ2n) is 7.92. The van der Waals surface area contributed by atoms with E-state index < -0.39 is 0 Å². The summed E-state index contributed by atoms with van der Waals surface area (Å²) in [6.07, 6.45) is 6.71. The Morgan fingerprint density at radius 3 is 2.45 bits per heavy atom. The van der Waals surface area contributed by atoms with Gasteiger partial charge < -0.3 is 10.2 Å². The number of amides is 2. The van der Waals surface area contributed by atoms with Crippen molar-refractivity contribution in [2.45, 2.75) is 49.9 Å². The van der Waals surface area contributed by atoms with E-state index in [0.717, 1.165) is 24.8 Å². The fourth-order valence-electron chi connectivity index (χ4n) is 4.18. The van der Waals surface area contributed by atoms with Crippen LogP contribution in [0.1, 0.15) is 59.0 Å². The summed E-state index contributed by atoms with van der Waals surface area (Å²) >= 11 is 1.67. The third kappa shape index (κ3) is 5.02. The lowest BCUT2D eigenvalue weighted by Crippen LogP contribution is -2.36. The van der Waals surface area contributed by atoms with Crippen LogP contribution in [0.5, 0.6) is 0 Å². The first-order valence-corrected chi connectivity index (χ1v) is 11.6. The van der Waals surface area contributed by atoms with Gasteiger partial charge in [0.25, 0.3) is 5.91 Å². The number of hydrogen-bond acceptors (Lipinski definition) is 3. The number of carbonyl (C=O) groups excluding carboxylic acids is 2. The molecule has 2 aromatic carbocycles.